The number of carbonyl (C=O) groups is 1. The summed E-state index contributed by atoms with van der Waals surface area (Å²) in [6.45, 7) is 14.2. The van der Waals surface area contributed by atoms with E-state index in [1.54, 1.807) is 0 Å². The topological polar surface area (TPSA) is 70.4 Å². The number of aromatic hydroxyl groups is 1. The number of aliphatic hydroxyl groups is 1. The number of ketones is 1. The molecule has 0 saturated carbocycles. The molecule has 0 amide bonds. The predicted octanol–water partition coefficient (Wildman–Crippen LogP) is 4.71. The van der Waals surface area contributed by atoms with Crippen LogP contribution in [0.25, 0.3) is 0 Å². The lowest BCUT2D eigenvalue weighted by atomic mass is 9.78. The summed E-state index contributed by atoms with van der Waals surface area (Å²) in [5.41, 5.74) is 2.52. The van der Waals surface area contributed by atoms with Gasteiger partial charge in [-0.1, -0.05) is 41.5 Å². The second-order valence-corrected chi connectivity index (χ2v) is 10.3. The van der Waals surface area contributed by atoms with Crippen LogP contribution in [-0.2, 0) is 23.7 Å². The third-order valence-electron chi connectivity index (χ3n) is 4.64. The van der Waals surface area contributed by atoms with Gasteiger partial charge in [0, 0.05) is 34.6 Å². The van der Waals surface area contributed by atoms with E-state index in [2.05, 4.69) is 4.98 Å². The van der Waals surface area contributed by atoms with Crippen molar-refractivity contribution in [2.45, 2.75) is 72.1 Å². The lowest BCUT2D eigenvalue weighted by Gasteiger charge is -2.28. The molecule has 148 valence electrons. The predicted molar refractivity (Wildman–Crippen MR) is 111 cm³/mol. The molecule has 0 unspecified atom stereocenters. The number of hydrogen-bond acceptors (Lipinski definition) is 5. The average Bonchev–Trinajstić information content (AvgIpc) is 2.85. The first kappa shape index (κ1) is 21.6. The highest BCUT2D eigenvalue weighted by Crippen LogP contribution is 2.40. The van der Waals surface area contributed by atoms with Gasteiger partial charge in [0.1, 0.15) is 10.8 Å². The number of aromatic nitrogens is 1. The Morgan fingerprint density at radius 2 is 1.59 bits per heavy atom. The summed E-state index contributed by atoms with van der Waals surface area (Å²) in [5, 5.41) is 20.7. The van der Waals surface area contributed by atoms with E-state index in [9.17, 15) is 9.90 Å². The van der Waals surface area contributed by atoms with Gasteiger partial charge in [-0.25, -0.2) is 4.98 Å². The van der Waals surface area contributed by atoms with Crippen LogP contribution in [0.4, 0.5) is 0 Å². The second kappa shape index (κ2) is 7.72. The van der Waals surface area contributed by atoms with Crippen molar-refractivity contribution in [2.24, 2.45) is 0 Å². The number of thiazole rings is 1. The molecule has 2 rings (SSSR count). The van der Waals surface area contributed by atoms with Gasteiger partial charge in [0.05, 0.1) is 12.1 Å². The van der Waals surface area contributed by atoms with Gasteiger partial charge in [0.2, 0.25) is 0 Å². The van der Waals surface area contributed by atoms with Gasteiger partial charge in [0.25, 0.3) is 0 Å². The first-order chi connectivity index (χ1) is 12.3. The SMILES string of the molecule is Cc1nc(CC(=O)c2cc(C(C)(C)C)c(O)c(C(C)(C)C)c2)sc1CCO. The van der Waals surface area contributed by atoms with Crippen molar-refractivity contribution in [3.8, 4) is 5.75 Å². The zero-order valence-electron chi connectivity index (χ0n) is 17.4. The lowest BCUT2D eigenvalue weighted by molar-refractivity contribution is 0.0992. The normalized spacial score (nSPS) is 12.4. The third kappa shape index (κ3) is 4.96. The van der Waals surface area contributed by atoms with Crippen LogP contribution in [0.15, 0.2) is 12.1 Å². The number of aryl methyl sites for hydroxylation is 1. The summed E-state index contributed by atoms with van der Waals surface area (Å²) in [5.74, 6) is 0.275. The van der Waals surface area contributed by atoms with Crippen molar-refractivity contribution in [2.75, 3.05) is 6.61 Å². The number of aliphatic hydroxyl groups excluding tert-OH is 1. The highest BCUT2D eigenvalue weighted by Gasteiger charge is 2.28. The molecule has 0 saturated heterocycles. The Bertz CT molecular complexity index is 803. The van der Waals surface area contributed by atoms with E-state index in [4.69, 9.17) is 5.11 Å². The van der Waals surface area contributed by atoms with Gasteiger partial charge in [0.15, 0.2) is 5.78 Å². The fraction of sp³-hybridized carbons (Fsp3) is 0.545. The summed E-state index contributed by atoms with van der Waals surface area (Å²) >= 11 is 1.49. The summed E-state index contributed by atoms with van der Waals surface area (Å²) in [7, 11) is 0. The van der Waals surface area contributed by atoms with Crippen LogP contribution < -0.4 is 0 Å². The van der Waals surface area contributed by atoms with Gasteiger partial charge >= 0.3 is 0 Å². The number of hydrogen-bond donors (Lipinski definition) is 2. The largest absolute Gasteiger partial charge is 0.507 e. The minimum Gasteiger partial charge on any atom is -0.507 e. The first-order valence-corrected chi connectivity index (χ1v) is 10.1. The van der Waals surface area contributed by atoms with Crippen molar-refractivity contribution in [3.05, 3.63) is 44.4 Å². The van der Waals surface area contributed by atoms with Gasteiger partial charge in [-0.15, -0.1) is 11.3 Å². The Labute approximate surface area is 166 Å². The van der Waals surface area contributed by atoms with Crippen LogP contribution in [0.2, 0.25) is 0 Å². The van der Waals surface area contributed by atoms with E-state index >= 15 is 0 Å². The Hall–Kier alpha value is -1.72. The molecule has 1 aromatic heterocycles. The molecule has 0 radical (unpaired) electrons. The maximum absolute atomic E-state index is 13.0. The average molecular weight is 390 g/mol. The Morgan fingerprint density at radius 1 is 1.07 bits per heavy atom. The van der Waals surface area contributed by atoms with Crippen LogP contribution in [0, 0.1) is 6.92 Å². The smallest absolute Gasteiger partial charge is 0.169 e. The Morgan fingerprint density at radius 3 is 2.04 bits per heavy atom. The zero-order chi connectivity index (χ0) is 20.6. The number of phenols is 1. The molecule has 4 nitrogen and oxygen atoms in total. The molecule has 27 heavy (non-hydrogen) atoms. The summed E-state index contributed by atoms with van der Waals surface area (Å²) in [6.07, 6.45) is 0.800. The molecular weight excluding hydrogens is 358 g/mol. The third-order valence-corrected chi connectivity index (χ3v) is 5.85. The van der Waals surface area contributed by atoms with Crippen LogP contribution in [0.5, 0.6) is 5.75 Å². The van der Waals surface area contributed by atoms with Crippen LogP contribution >= 0.6 is 11.3 Å². The Kier molecular flexibility index (Phi) is 6.17. The number of Topliss-reactive ketones (excluding diaryl/α,β-unsaturated/α-hetero) is 1. The molecule has 2 aromatic rings. The second-order valence-electron chi connectivity index (χ2n) is 9.11. The fourth-order valence-electron chi connectivity index (χ4n) is 3.08. The first-order valence-electron chi connectivity index (χ1n) is 9.31. The van der Waals surface area contributed by atoms with Crippen molar-refractivity contribution >= 4 is 17.1 Å². The summed E-state index contributed by atoms with van der Waals surface area (Å²) in [4.78, 5) is 18.5. The van der Waals surface area contributed by atoms with E-state index in [0.717, 1.165) is 26.7 Å². The van der Waals surface area contributed by atoms with Gasteiger partial charge in [-0.05, 0) is 29.9 Å². The molecule has 0 aliphatic rings. The molecule has 1 heterocycles. The van der Waals surface area contributed by atoms with Crippen LogP contribution in [0.3, 0.4) is 0 Å². The van der Waals surface area contributed by atoms with Gasteiger partial charge in [-0.2, -0.15) is 0 Å². The maximum atomic E-state index is 13.0. The van der Waals surface area contributed by atoms with E-state index in [0.29, 0.717) is 12.0 Å². The number of rotatable bonds is 5. The molecule has 1 aromatic carbocycles. The van der Waals surface area contributed by atoms with E-state index in [-0.39, 0.29) is 35.4 Å². The summed E-state index contributed by atoms with van der Waals surface area (Å²) in [6, 6.07) is 3.64. The van der Waals surface area contributed by atoms with Crippen molar-refractivity contribution in [1.29, 1.82) is 0 Å². The van der Waals surface area contributed by atoms with E-state index < -0.39 is 0 Å². The fourth-order valence-corrected chi connectivity index (χ4v) is 4.13. The van der Waals surface area contributed by atoms with Crippen molar-refractivity contribution in [1.82, 2.24) is 4.98 Å². The quantitative estimate of drug-likeness (QED) is 0.727. The monoisotopic (exact) mass is 389 g/mol. The highest BCUT2D eigenvalue weighted by molar-refractivity contribution is 7.11. The van der Waals surface area contributed by atoms with Crippen molar-refractivity contribution < 1.29 is 15.0 Å². The number of benzene rings is 1. The van der Waals surface area contributed by atoms with Gasteiger partial charge in [-0.3, -0.25) is 4.79 Å². The number of nitrogens with zero attached hydrogens (tertiary/aromatic N) is 1. The number of phenolic OH excluding ortho intramolecular Hbond substituents is 1. The standard InChI is InChI=1S/C22H31NO3S/c1-13-18(8-9-24)27-19(23-13)12-17(25)14-10-15(21(2,3)4)20(26)16(11-14)22(5,6)7/h10-11,24,26H,8-9,12H2,1-7H3. The minimum atomic E-state index is -0.271. The maximum Gasteiger partial charge on any atom is 0.169 e. The van der Waals surface area contributed by atoms with E-state index in [1.807, 2.05) is 60.6 Å². The molecule has 0 atom stereocenters. The molecular formula is C22H31NO3S. The molecule has 5 heteroatoms. The van der Waals surface area contributed by atoms with Crippen LogP contribution in [0.1, 0.15) is 78.6 Å². The van der Waals surface area contributed by atoms with Crippen molar-refractivity contribution in [3.63, 3.8) is 0 Å². The molecule has 0 aliphatic heterocycles. The molecule has 0 aliphatic carbocycles. The zero-order valence-corrected chi connectivity index (χ0v) is 18.3. The lowest BCUT2D eigenvalue weighted by Crippen LogP contribution is -2.19. The van der Waals surface area contributed by atoms with Crippen LogP contribution in [-0.4, -0.2) is 27.6 Å². The number of carbonyl (C=O) groups excluding carboxylic acids is 1. The highest BCUT2D eigenvalue weighted by atomic mass is 32.1. The molecule has 0 bridgehead atoms. The molecule has 2 N–H and O–H groups in total. The Balaban J connectivity index is 2.45. The minimum absolute atomic E-state index is 0.00435. The molecule has 0 spiro atoms. The summed E-state index contributed by atoms with van der Waals surface area (Å²) < 4.78 is 0. The van der Waals surface area contributed by atoms with E-state index in [1.165, 1.54) is 11.3 Å². The molecule has 0 fully saturated rings. The van der Waals surface area contributed by atoms with Gasteiger partial charge < -0.3 is 10.2 Å².